The lowest BCUT2D eigenvalue weighted by atomic mass is 10.1. The van der Waals surface area contributed by atoms with Gasteiger partial charge < -0.3 is 25.4 Å². The Kier molecular flexibility index (Phi) is 4.23. The minimum absolute atomic E-state index is 0.0262. The first kappa shape index (κ1) is 17.9. The molecule has 0 bridgehead atoms. The number of aromatic nitrogens is 2. The van der Waals surface area contributed by atoms with Crippen LogP contribution in [0.25, 0.3) is 16.7 Å². The maximum atomic E-state index is 14.7. The Morgan fingerprint density at radius 1 is 1.29 bits per heavy atom. The average Bonchev–Trinajstić information content (AvgIpc) is 3.09. The molecule has 144 valence electrons. The quantitative estimate of drug-likeness (QED) is 0.625. The molecule has 1 fully saturated rings. The molecule has 0 aliphatic carbocycles. The van der Waals surface area contributed by atoms with Crippen LogP contribution >= 0.6 is 0 Å². The summed E-state index contributed by atoms with van der Waals surface area (Å²) in [6.45, 7) is 0.972. The molecule has 3 heterocycles. The molecule has 0 radical (unpaired) electrons. The van der Waals surface area contributed by atoms with Crippen molar-refractivity contribution in [2.45, 2.75) is 12.5 Å². The van der Waals surface area contributed by atoms with Crippen molar-refractivity contribution in [3.8, 4) is 11.4 Å². The molecule has 0 saturated carbocycles. The number of phenols is 1. The van der Waals surface area contributed by atoms with Crippen LogP contribution in [0.5, 0.6) is 5.75 Å². The minimum Gasteiger partial charge on any atom is -0.508 e. The van der Waals surface area contributed by atoms with Crippen molar-refractivity contribution in [1.29, 1.82) is 0 Å². The van der Waals surface area contributed by atoms with E-state index in [1.54, 1.807) is 17.0 Å². The first-order chi connectivity index (χ1) is 13.3. The van der Waals surface area contributed by atoms with Gasteiger partial charge in [0.2, 0.25) is 5.43 Å². The first-order valence-electron chi connectivity index (χ1n) is 8.64. The summed E-state index contributed by atoms with van der Waals surface area (Å²) in [6, 6.07) is 6.86. The van der Waals surface area contributed by atoms with Gasteiger partial charge in [0.1, 0.15) is 11.3 Å². The van der Waals surface area contributed by atoms with Crippen molar-refractivity contribution in [3.05, 3.63) is 58.1 Å². The second kappa shape index (κ2) is 6.61. The van der Waals surface area contributed by atoms with Gasteiger partial charge >= 0.3 is 5.97 Å². The van der Waals surface area contributed by atoms with E-state index in [-0.39, 0.29) is 28.6 Å². The SMILES string of the molecule is NC1CCN(c2nc3c(cc2F)c(=O)c(C(=O)O)cn3-c2ccc(O)cc2)C1. The molecule has 1 aliphatic rings. The standard InChI is InChI=1S/C19H17FN4O4/c20-15-7-13-16(26)14(19(27)28)9-24(11-1-3-12(25)4-2-11)17(13)22-18(15)23-6-5-10(21)8-23/h1-4,7,9-10,25H,5-6,8,21H2,(H,27,28). The molecule has 2 aromatic heterocycles. The fraction of sp³-hybridized carbons (Fsp3) is 0.211. The number of aromatic hydroxyl groups is 1. The molecule has 0 spiro atoms. The maximum absolute atomic E-state index is 14.7. The lowest BCUT2D eigenvalue weighted by molar-refractivity contribution is 0.0695. The number of hydrogen-bond acceptors (Lipinski definition) is 6. The monoisotopic (exact) mass is 384 g/mol. The molecular formula is C19H17FN4O4. The number of phenolic OH excluding ortho intramolecular Hbond substituents is 1. The van der Waals surface area contributed by atoms with Crippen molar-refractivity contribution in [3.63, 3.8) is 0 Å². The number of carboxylic acids is 1. The van der Waals surface area contributed by atoms with Crippen LogP contribution in [0.2, 0.25) is 0 Å². The number of aromatic carboxylic acids is 1. The fourth-order valence-corrected chi connectivity index (χ4v) is 3.38. The van der Waals surface area contributed by atoms with Gasteiger partial charge in [-0.1, -0.05) is 0 Å². The van der Waals surface area contributed by atoms with Gasteiger partial charge in [-0.2, -0.15) is 0 Å². The topological polar surface area (TPSA) is 122 Å². The Labute approximate surface area is 158 Å². The maximum Gasteiger partial charge on any atom is 0.341 e. The Hall–Kier alpha value is -3.46. The summed E-state index contributed by atoms with van der Waals surface area (Å²) in [5.41, 5.74) is 5.18. The van der Waals surface area contributed by atoms with Crippen molar-refractivity contribution >= 4 is 22.8 Å². The molecule has 3 aromatic rings. The molecule has 1 aliphatic heterocycles. The van der Waals surface area contributed by atoms with Crippen molar-refractivity contribution in [2.75, 3.05) is 18.0 Å². The van der Waals surface area contributed by atoms with E-state index >= 15 is 0 Å². The Morgan fingerprint density at radius 2 is 2.00 bits per heavy atom. The zero-order chi connectivity index (χ0) is 20.0. The fourth-order valence-electron chi connectivity index (χ4n) is 3.38. The Bertz CT molecular complexity index is 1140. The Morgan fingerprint density at radius 3 is 2.61 bits per heavy atom. The van der Waals surface area contributed by atoms with Gasteiger partial charge in [-0.05, 0) is 36.8 Å². The highest BCUT2D eigenvalue weighted by Gasteiger charge is 2.25. The summed E-state index contributed by atoms with van der Waals surface area (Å²) in [5, 5.41) is 18.8. The predicted molar refractivity (Wildman–Crippen MR) is 101 cm³/mol. The lowest BCUT2D eigenvalue weighted by Crippen LogP contribution is -2.28. The number of rotatable bonds is 3. The largest absolute Gasteiger partial charge is 0.508 e. The van der Waals surface area contributed by atoms with Crippen LogP contribution in [0.1, 0.15) is 16.8 Å². The molecule has 9 heteroatoms. The molecule has 1 atom stereocenters. The van der Waals surface area contributed by atoms with E-state index in [1.807, 2.05) is 0 Å². The minimum atomic E-state index is -1.42. The number of anilines is 1. The van der Waals surface area contributed by atoms with Crippen LogP contribution in [0.15, 0.2) is 41.3 Å². The van der Waals surface area contributed by atoms with Crippen molar-refractivity contribution in [2.24, 2.45) is 5.73 Å². The van der Waals surface area contributed by atoms with Crippen molar-refractivity contribution in [1.82, 2.24) is 9.55 Å². The van der Waals surface area contributed by atoms with E-state index in [4.69, 9.17) is 5.73 Å². The van der Waals surface area contributed by atoms with Gasteiger partial charge in [0.25, 0.3) is 0 Å². The van der Waals surface area contributed by atoms with E-state index in [0.717, 1.165) is 12.3 Å². The number of nitrogens with two attached hydrogens (primary N) is 1. The summed E-state index contributed by atoms with van der Waals surface area (Å²) in [4.78, 5) is 30.1. The highest BCUT2D eigenvalue weighted by molar-refractivity contribution is 5.92. The summed E-state index contributed by atoms with van der Waals surface area (Å²) in [5.74, 6) is -2.04. The smallest absolute Gasteiger partial charge is 0.341 e. The third-order valence-electron chi connectivity index (χ3n) is 4.80. The lowest BCUT2D eigenvalue weighted by Gasteiger charge is -2.19. The summed E-state index contributed by atoms with van der Waals surface area (Å²) < 4.78 is 16.1. The molecule has 8 nitrogen and oxygen atoms in total. The van der Waals surface area contributed by atoms with Crippen LogP contribution in [-0.2, 0) is 0 Å². The van der Waals surface area contributed by atoms with Crippen LogP contribution in [0.3, 0.4) is 0 Å². The number of carboxylic acid groups (broad SMARTS) is 1. The number of halogens is 1. The van der Waals surface area contributed by atoms with E-state index in [2.05, 4.69) is 4.98 Å². The van der Waals surface area contributed by atoms with E-state index in [1.165, 1.54) is 16.7 Å². The van der Waals surface area contributed by atoms with Crippen LogP contribution in [-0.4, -0.2) is 44.9 Å². The third kappa shape index (κ3) is 2.95. The summed E-state index contributed by atoms with van der Waals surface area (Å²) >= 11 is 0. The van der Waals surface area contributed by atoms with Crippen molar-refractivity contribution < 1.29 is 19.4 Å². The highest BCUT2D eigenvalue weighted by Crippen LogP contribution is 2.26. The zero-order valence-electron chi connectivity index (χ0n) is 14.7. The molecule has 1 saturated heterocycles. The number of hydrogen-bond donors (Lipinski definition) is 3. The van der Waals surface area contributed by atoms with Crippen LogP contribution in [0, 0.1) is 5.82 Å². The van der Waals surface area contributed by atoms with Gasteiger partial charge in [-0.25, -0.2) is 14.2 Å². The zero-order valence-corrected chi connectivity index (χ0v) is 14.7. The molecule has 4 rings (SSSR count). The second-order valence-corrected chi connectivity index (χ2v) is 6.72. The highest BCUT2D eigenvalue weighted by atomic mass is 19.1. The first-order valence-corrected chi connectivity index (χ1v) is 8.64. The predicted octanol–water partition coefficient (Wildman–Crippen LogP) is 1.47. The molecule has 4 N–H and O–H groups in total. The van der Waals surface area contributed by atoms with E-state index < -0.39 is 22.8 Å². The van der Waals surface area contributed by atoms with Gasteiger partial charge in [-0.15, -0.1) is 0 Å². The molecule has 1 unspecified atom stereocenters. The number of nitrogens with zero attached hydrogens (tertiary/aromatic N) is 3. The number of benzene rings is 1. The van der Waals surface area contributed by atoms with E-state index in [0.29, 0.717) is 25.2 Å². The van der Waals surface area contributed by atoms with Gasteiger partial charge in [-0.3, -0.25) is 4.79 Å². The third-order valence-corrected chi connectivity index (χ3v) is 4.80. The Balaban J connectivity index is 2.02. The number of pyridine rings is 2. The average molecular weight is 384 g/mol. The summed E-state index contributed by atoms with van der Waals surface area (Å²) in [7, 11) is 0. The van der Waals surface area contributed by atoms with Gasteiger partial charge in [0, 0.05) is 31.0 Å². The summed E-state index contributed by atoms with van der Waals surface area (Å²) in [6.07, 6.45) is 1.85. The van der Waals surface area contributed by atoms with Crippen LogP contribution in [0.4, 0.5) is 10.2 Å². The second-order valence-electron chi connectivity index (χ2n) is 6.72. The molecule has 0 amide bonds. The molecule has 1 aromatic carbocycles. The number of carbonyl (C=O) groups is 1. The van der Waals surface area contributed by atoms with E-state index in [9.17, 15) is 24.2 Å². The number of fused-ring (bicyclic) bond motifs is 1. The van der Waals surface area contributed by atoms with Crippen LogP contribution < -0.4 is 16.1 Å². The normalized spacial score (nSPS) is 16.6. The van der Waals surface area contributed by atoms with Gasteiger partial charge in [0.05, 0.1) is 5.39 Å². The van der Waals surface area contributed by atoms with Gasteiger partial charge in [0.15, 0.2) is 17.3 Å². The molecule has 28 heavy (non-hydrogen) atoms. The molecular weight excluding hydrogens is 367 g/mol.